The van der Waals surface area contributed by atoms with Crippen molar-refractivity contribution in [2.75, 3.05) is 7.11 Å². The second-order valence-corrected chi connectivity index (χ2v) is 5.81. The van der Waals surface area contributed by atoms with Gasteiger partial charge in [-0.1, -0.05) is 78.9 Å². The van der Waals surface area contributed by atoms with Crippen molar-refractivity contribution in [2.24, 2.45) is 0 Å². The van der Waals surface area contributed by atoms with Crippen molar-refractivity contribution < 1.29 is 4.74 Å². The maximum atomic E-state index is 5.53. The van der Waals surface area contributed by atoms with Crippen LogP contribution in [0.3, 0.4) is 0 Å². The van der Waals surface area contributed by atoms with E-state index in [1.807, 2.05) is 12.1 Å². The highest BCUT2D eigenvalue weighted by Crippen LogP contribution is 2.29. The van der Waals surface area contributed by atoms with Gasteiger partial charge in [-0.3, -0.25) is 0 Å². The quantitative estimate of drug-likeness (QED) is 0.603. The van der Waals surface area contributed by atoms with E-state index in [2.05, 4.69) is 72.8 Å². The maximum absolute atomic E-state index is 5.53. The Morgan fingerprint density at radius 2 is 1.30 bits per heavy atom. The van der Waals surface area contributed by atoms with Gasteiger partial charge in [-0.05, 0) is 41.5 Å². The van der Waals surface area contributed by atoms with Crippen molar-refractivity contribution in [2.45, 2.75) is 18.8 Å². The van der Waals surface area contributed by atoms with Crippen molar-refractivity contribution in [1.82, 2.24) is 0 Å². The largest absolute Gasteiger partial charge is 0.496 e. The molecule has 1 heteroatoms. The van der Waals surface area contributed by atoms with Gasteiger partial charge in [-0.15, -0.1) is 0 Å². The average Bonchev–Trinajstić information content (AvgIpc) is 2.63. The van der Waals surface area contributed by atoms with Gasteiger partial charge in [-0.25, -0.2) is 0 Å². The molecule has 3 aromatic rings. The van der Waals surface area contributed by atoms with Crippen molar-refractivity contribution in [3.05, 3.63) is 102 Å². The minimum absolute atomic E-state index is 0.440. The van der Waals surface area contributed by atoms with Crippen LogP contribution in [-0.2, 0) is 12.8 Å². The van der Waals surface area contributed by atoms with Crippen LogP contribution in [0, 0.1) is 0 Å². The fraction of sp³-hybridized carbons (Fsp3) is 0.182. The highest BCUT2D eigenvalue weighted by Gasteiger charge is 2.15. The minimum atomic E-state index is 0.440. The van der Waals surface area contributed by atoms with E-state index in [0.717, 1.165) is 18.6 Å². The van der Waals surface area contributed by atoms with Gasteiger partial charge < -0.3 is 4.74 Å². The van der Waals surface area contributed by atoms with Crippen LogP contribution in [-0.4, -0.2) is 7.11 Å². The summed E-state index contributed by atoms with van der Waals surface area (Å²) in [6.07, 6.45) is 2.01. The normalized spacial score (nSPS) is 11.9. The number of ether oxygens (including phenoxy) is 1. The molecule has 1 nitrogen and oxygen atoms in total. The minimum Gasteiger partial charge on any atom is -0.496 e. The van der Waals surface area contributed by atoms with Crippen LogP contribution in [0.2, 0.25) is 0 Å². The molecule has 1 atom stereocenters. The first kappa shape index (κ1) is 15.4. The Bertz CT molecular complexity index is 719. The van der Waals surface area contributed by atoms with Gasteiger partial charge in [0.1, 0.15) is 5.75 Å². The number of hydrogen-bond acceptors (Lipinski definition) is 1. The van der Waals surface area contributed by atoms with Gasteiger partial charge in [0.2, 0.25) is 0 Å². The van der Waals surface area contributed by atoms with Gasteiger partial charge in [0.25, 0.3) is 0 Å². The topological polar surface area (TPSA) is 9.23 Å². The summed E-state index contributed by atoms with van der Waals surface area (Å²) in [5, 5.41) is 0. The SMILES string of the molecule is COc1ccccc1C[C@H](Cc1ccccc1)c1ccccc1. The molecule has 0 unspecified atom stereocenters. The third kappa shape index (κ3) is 4.01. The number of benzene rings is 3. The first-order chi connectivity index (χ1) is 11.4. The molecule has 0 fully saturated rings. The fourth-order valence-corrected chi connectivity index (χ4v) is 3.07. The van der Waals surface area contributed by atoms with E-state index in [0.29, 0.717) is 5.92 Å². The Balaban J connectivity index is 1.89. The van der Waals surface area contributed by atoms with Gasteiger partial charge in [-0.2, -0.15) is 0 Å². The van der Waals surface area contributed by atoms with Gasteiger partial charge in [0.05, 0.1) is 7.11 Å². The molecule has 3 rings (SSSR count). The van der Waals surface area contributed by atoms with E-state index in [1.54, 1.807) is 7.11 Å². The monoisotopic (exact) mass is 302 g/mol. The van der Waals surface area contributed by atoms with E-state index in [9.17, 15) is 0 Å². The summed E-state index contributed by atoms with van der Waals surface area (Å²) >= 11 is 0. The highest BCUT2D eigenvalue weighted by atomic mass is 16.5. The third-order valence-electron chi connectivity index (χ3n) is 4.25. The lowest BCUT2D eigenvalue weighted by atomic mass is 9.86. The van der Waals surface area contributed by atoms with Crippen LogP contribution in [0.1, 0.15) is 22.6 Å². The summed E-state index contributed by atoms with van der Waals surface area (Å²) in [5.74, 6) is 1.41. The van der Waals surface area contributed by atoms with Crippen LogP contribution < -0.4 is 4.74 Å². The smallest absolute Gasteiger partial charge is 0.122 e. The van der Waals surface area contributed by atoms with Crippen molar-refractivity contribution in [3.8, 4) is 5.75 Å². The molecule has 0 bridgehead atoms. The molecule has 0 saturated carbocycles. The lowest BCUT2D eigenvalue weighted by Crippen LogP contribution is -2.08. The zero-order valence-corrected chi connectivity index (χ0v) is 13.5. The summed E-state index contributed by atoms with van der Waals surface area (Å²) in [5.41, 5.74) is 4.01. The molecule has 0 aromatic heterocycles. The summed E-state index contributed by atoms with van der Waals surface area (Å²) in [7, 11) is 1.74. The van der Waals surface area contributed by atoms with E-state index < -0.39 is 0 Å². The fourth-order valence-electron chi connectivity index (χ4n) is 3.07. The molecule has 0 aliphatic heterocycles. The van der Waals surface area contributed by atoms with Crippen molar-refractivity contribution in [1.29, 1.82) is 0 Å². The lowest BCUT2D eigenvalue weighted by molar-refractivity contribution is 0.408. The van der Waals surface area contributed by atoms with E-state index >= 15 is 0 Å². The van der Waals surface area contributed by atoms with E-state index in [-0.39, 0.29) is 0 Å². The standard InChI is InChI=1S/C22H22O/c1-23-22-15-9-8-14-20(22)17-21(19-12-6-3-7-13-19)16-18-10-4-2-5-11-18/h2-15,21H,16-17H2,1H3/t21-/m0/s1. The molecule has 0 aliphatic carbocycles. The third-order valence-corrected chi connectivity index (χ3v) is 4.25. The molecule has 0 N–H and O–H groups in total. The van der Waals surface area contributed by atoms with Crippen LogP contribution in [0.4, 0.5) is 0 Å². The first-order valence-corrected chi connectivity index (χ1v) is 8.07. The Morgan fingerprint density at radius 3 is 2.00 bits per heavy atom. The molecule has 116 valence electrons. The number of rotatable bonds is 6. The maximum Gasteiger partial charge on any atom is 0.122 e. The zero-order valence-electron chi connectivity index (χ0n) is 13.5. The van der Waals surface area contributed by atoms with Crippen LogP contribution >= 0.6 is 0 Å². The molecule has 0 spiro atoms. The Hall–Kier alpha value is -2.54. The Kier molecular flexibility index (Phi) is 5.10. The molecule has 0 aliphatic rings. The Labute approximate surface area is 138 Å². The van der Waals surface area contributed by atoms with Crippen molar-refractivity contribution >= 4 is 0 Å². The van der Waals surface area contributed by atoms with E-state index in [4.69, 9.17) is 4.74 Å². The second kappa shape index (κ2) is 7.64. The molecule has 0 heterocycles. The average molecular weight is 302 g/mol. The van der Waals surface area contributed by atoms with Crippen LogP contribution in [0.15, 0.2) is 84.9 Å². The molecular formula is C22H22O. The highest BCUT2D eigenvalue weighted by molar-refractivity contribution is 5.36. The second-order valence-electron chi connectivity index (χ2n) is 5.81. The molecule has 0 amide bonds. The van der Waals surface area contributed by atoms with Gasteiger partial charge in [0, 0.05) is 0 Å². The van der Waals surface area contributed by atoms with Crippen molar-refractivity contribution in [3.63, 3.8) is 0 Å². The molecule has 0 radical (unpaired) electrons. The summed E-state index contributed by atoms with van der Waals surface area (Å²) in [6.45, 7) is 0. The Morgan fingerprint density at radius 1 is 0.696 bits per heavy atom. The van der Waals surface area contributed by atoms with Gasteiger partial charge >= 0.3 is 0 Å². The molecular weight excluding hydrogens is 280 g/mol. The first-order valence-electron chi connectivity index (χ1n) is 8.07. The predicted octanol–water partition coefficient (Wildman–Crippen LogP) is 5.26. The summed E-state index contributed by atoms with van der Waals surface area (Å²) < 4.78 is 5.53. The summed E-state index contributed by atoms with van der Waals surface area (Å²) in [6, 6.07) is 29.8. The predicted molar refractivity (Wildman–Crippen MR) is 96.0 cm³/mol. The molecule has 23 heavy (non-hydrogen) atoms. The number of methoxy groups -OCH3 is 1. The van der Waals surface area contributed by atoms with E-state index in [1.165, 1.54) is 16.7 Å². The van der Waals surface area contributed by atoms with Crippen LogP contribution in [0.25, 0.3) is 0 Å². The summed E-state index contributed by atoms with van der Waals surface area (Å²) in [4.78, 5) is 0. The lowest BCUT2D eigenvalue weighted by Gasteiger charge is -2.19. The van der Waals surface area contributed by atoms with Crippen LogP contribution in [0.5, 0.6) is 5.75 Å². The van der Waals surface area contributed by atoms with Gasteiger partial charge in [0.15, 0.2) is 0 Å². The molecule has 0 saturated heterocycles. The zero-order chi connectivity index (χ0) is 15.9. The number of para-hydroxylation sites is 1. The molecule has 3 aromatic carbocycles. The number of hydrogen-bond donors (Lipinski definition) is 0.